The quantitative estimate of drug-likeness (QED) is 0.929. The normalized spacial score (nSPS) is 17.0. The van der Waals surface area contributed by atoms with Crippen LogP contribution >= 0.6 is 24.8 Å². The Balaban J connectivity index is 0.00000162. The maximum atomic E-state index is 14.1. The fourth-order valence-corrected chi connectivity index (χ4v) is 2.27. The molecule has 1 atom stereocenters. The van der Waals surface area contributed by atoms with E-state index in [4.69, 9.17) is 4.74 Å². The van der Waals surface area contributed by atoms with Crippen LogP contribution in [-0.4, -0.2) is 38.2 Å². The van der Waals surface area contributed by atoms with Gasteiger partial charge >= 0.3 is 0 Å². The first kappa shape index (κ1) is 18.4. The molecule has 0 unspecified atom stereocenters. The fourth-order valence-electron chi connectivity index (χ4n) is 2.27. The molecule has 1 aromatic carbocycles. The number of halogens is 3. The van der Waals surface area contributed by atoms with Crippen molar-refractivity contribution in [2.75, 3.05) is 33.3 Å². The molecule has 1 fully saturated rings. The Labute approximate surface area is 126 Å². The van der Waals surface area contributed by atoms with Gasteiger partial charge in [0.25, 0.3) is 0 Å². The molecule has 19 heavy (non-hydrogen) atoms. The van der Waals surface area contributed by atoms with Gasteiger partial charge in [-0.1, -0.05) is 12.1 Å². The van der Waals surface area contributed by atoms with Gasteiger partial charge in [-0.05, 0) is 13.0 Å². The van der Waals surface area contributed by atoms with E-state index >= 15 is 0 Å². The molecule has 1 heterocycles. The highest BCUT2D eigenvalue weighted by Crippen LogP contribution is 2.28. The number of hydrogen-bond donors (Lipinski definition) is 1. The Hall–Kier alpha value is -0.550. The van der Waals surface area contributed by atoms with Crippen LogP contribution in [0.1, 0.15) is 18.5 Å². The van der Waals surface area contributed by atoms with Gasteiger partial charge in [0.15, 0.2) is 11.6 Å². The van der Waals surface area contributed by atoms with Crippen LogP contribution in [-0.2, 0) is 0 Å². The molecule has 6 heteroatoms. The van der Waals surface area contributed by atoms with Gasteiger partial charge in [0.05, 0.1) is 7.11 Å². The van der Waals surface area contributed by atoms with Crippen molar-refractivity contribution in [1.29, 1.82) is 0 Å². The average molecular weight is 311 g/mol. The zero-order valence-corrected chi connectivity index (χ0v) is 12.8. The Morgan fingerprint density at radius 3 is 2.47 bits per heavy atom. The van der Waals surface area contributed by atoms with Crippen LogP contribution in [0.15, 0.2) is 18.2 Å². The third kappa shape index (κ3) is 4.21. The Kier molecular flexibility index (Phi) is 8.34. The first-order valence-electron chi connectivity index (χ1n) is 6.01. The predicted octanol–water partition coefficient (Wildman–Crippen LogP) is 2.64. The van der Waals surface area contributed by atoms with E-state index in [1.807, 2.05) is 19.1 Å². The molecule has 0 bridgehead atoms. The van der Waals surface area contributed by atoms with Gasteiger partial charge in [0, 0.05) is 37.8 Å². The number of benzene rings is 1. The van der Waals surface area contributed by atoms with E-state index in [-0.39, 0.29) is 36.7 Å². The van der Waals surface area contributed by atoms with E-state index in [9.17, 15) is 4.39 Å². The number of methoxy groups -OCH3 is 1. The standard InChI is InChI=1S/C13H19FN2O.2ClH/c1-10(16-8-6-15-7-9-16)11-4-3-5-12(17-2)13(11)14;;/h3-5,10,15H,6-9H2,1-2H3;2*1H/t10-;;/m1../s1. The van der Waals surface area contributed by atoms with Crippen molar-refractivity contribution in [1.82, 2.24) is 10.2 Å². The molecule has 110 valence electrons. The van der Waals surface area contributed by atoms with E-state index in [1.54, 1.807) is 6.07 Å². The number of piperazine rings is 1. The molecular formula is C13H21Cl2FN2O. The highest BCUT2D eigenvalue weighted by molar-refractivity contribution is 5.85. The van der Waals surface area contributed by atoms with E-state index in [1.165, 1.54) is 7.11 Å². The third-order valence-corrected chi connectivity index (χ3v) is 3.36. The molecule has 0 amide bonds. The van der Waals surface area contributed by atoms with Gasteiger partial charge in [-0.25, -0.2) is 4.39 Å². The van der Waals surface area contributed by atoms with Crippen molar-refractivity contribution in [2.24, 2.45) is 0 Å². The summed E-state index contributed by atoms with van der Waals surface area (Å²) in [6.45, 7) is 5.89. The minimum atomic E-state index is -0.235. The summed E-state index contributed by atoms with van der Waals surface area (Å²) in [7, 11) is 1.50. The lowest BCUT2D eigenvalue weighted by Gasteiger charge is -2.33. The number of nitrogens with one attached hydrogen (secondary N) is 1. The first-order chi connectivity index (χ1) is 8.24. The summed E-state index contributed by atoms with van der Waals surface area (Å²) < 4.78 is 19.1. The number of rotatable bonds is 3. The second kappa shape index (κ2) is 8.59. The molecule has 0 aliphatic carbocycles. The highest BCUT2D eigenvalue weighted by Gasteiger charge is 2.21. The van der Waals surface area contributed by atoms with Gasteiger partial charge in [0.1, 0.15) is 0 Å². The molecule has 0 spiro atoms. The zero-order valence-electron chi connectivity index (χ0n) is 11.2. The number of ether oxygens (including phenoxy) is 1. The molecule has 1 aliphatic heterocycles. The molecule has 2 rings (SSSR count). The van der Waals surface area contributed by atoms with E-state index in [0.29, 0.717) is 11.3 Å². The maximum absolute atomic E-state index is 14.1. The summed E-state index contributed by atoms with van der Waals surface area (Å²) in [6, 6.07) is 5.43. The molecule has 1 aromatic rings. The Morgan fingerprint density at radius 1 is 1.26 bits per heavy atom. The van der Waals surface area contributed by atoms with E-state index in [0.717, 1.165) is 26.2 Å². The molecule has 1 N–H and O–H groups in total. The van der Waals surface area contributed by atoms with Gasteiger partial charge in [-0.3, -0.25) is 4.90 Å². The van der Waals surface area contributed by atoms with Crippen molar-refractivity contribution in [2.45, 2.75) is 13.0 Å². The Bertz CT molecular complexity index is 387. The SMILES string of the molecule is COc1cccc([C@@H](C)N2CCNCC2)c1F.Cl.Cl. The van der Waals surface area contributed by atoms with Crippen LogP contribution in [0.4, 0.5) is 4.39 Å². The first-order valence-corrected chi connectivity index (χ1v) is 6.01. The summed E-state index contributed by atoms with van der Waals surface area (Å²) in [5.74, 6) is 0.0884. The third-order valence-electron chi connectivity index (χ3n) is 3.36. The Morgan fingerprint density at radius 2 is 1.89 bits per heavy atom. The summed E-state index contributed by atoms with van der Waals surface area (Å²) >= 11 is 0. The van der Waals surface area contributed by atoms with Crippen LogP contribution < -0.4 is 10.1 Å². The molecule has 0 aromatic heterocycles. The van der Waals surface area contributed by atoms with Gasteiger partial charge in [-0.15, -0.1) is 24.8 Å². The van der Waals surface area contributed by atoms with Crippen molar-refractivity contribution >= 4 is 24.8 Å². The molecule has 0 radical (unpaired) electrons. The van der Waals surface area contributed by atoms with Crippen molar-refractivity contribution in [3.63, 3.8) is 0 Å². The van der Waals surface area contributed by atoms with E-state index < -0.39 is 0 Å². The van der Waals surface area contributed by atoms with Crippen molar-refractivity contribution in [3.05, 3.63) is 29.6 Å². The second-order valence-electron chi connectivity index (χ2n) is 4.33. The smallest absolute Gasteiger partial charge is 0.169 e. The lowest BCUT2D eigenvalue weighted by molar-refractivity contribution is 0.181. The van der Waals surface area contributed by atoms with Crippen LogP contribution in [0.5, 0.6) is 5.75 Å². The summed E-state index contributed by atoms with van der Waals surface area (Å²) in [6.07, 6.45) is 0. The van der Waals surface area contributed by atoms with Gasteiger partial charge in [-0.2, -0.15) is 0 Å². The average Bonchev–Trinajstić information content (AvgIpc) is 2.39. The maximum Gasteiger partial charge on any atom is 0.169 e. The minimum Gasteiger partial charge on any atom is -0.494 e. The second-order valence-corrected chi connectivity index (χ2v) is 4.33. The van der Waals surface area contributed by atoms with E-state index in [2.05, 4.69) is 10.2 Å². The van der Waals surface area contributed by atoms with Gasteiger partial charge in [0.2, 0.25) is 0 Å². The molecular weight excluding hydrogens is 290 g/mol. The predicted molar refractivity (Wildman–Crippen MR) is 80.3 cm³/mol. The molecule has 1 saturated heterocycles. The zero-order chi connectivity index (χ0) is 12.3. The molecule has 3 nitrogen and oxygen atoms in total. The lowest BCUT2D eigenvalue weighted by atomic mass is 10.1. The van der Waals surface area contributed by atoms with Crippen molar-refractivity contribution < 1.29 is 9.13 Å². The van der Waals surface area contributed by atoms with Crippen LogP contribution in [0, 0.1) is 5.82 Å². The summed E-state index contributed by atoms with van der Waals surface area (Å²) in [5.41, 5.74) is 0.714. The van der Waals surface area contributed by atoms with Crippen LogP contribution in [0.2, 0.25) is 0 Å². The topological polar surface area (TPSA) is 24.5 Å². The van der Waals surface area contributed by atoms with Crippen LogP contribution in [0.25, 0.3) is 0 Å². The summed E-state index contributed by atoms with van der Waals surface area (Å²) in [5, 5.41) is 3.30. The molecule has 0 saturated carbocycles. The lowest BCUT2D eigenvalue weighted by Crippen LogP contribution is -2.44. The number of hydrogen-bond acceptors (Lipinski definition) is 3. The fraction of sp³-hybridized carbons (Fsp3) is 0.538. The van der Waals surface area contributed by atoms with Crippen molar-refractivity contribution in [3.8, 4) is 5.75 Å². The minimum absolute atomic E-state index is 0. The number of nitrogens with zero attached hydrogens (tertiary/aromatic N) is 1. The van der Waals surface area contributed by atoms with Crippen LogP contribution in [0.3, 0.4) is 0 Å². The monoisotopic (exact) mass is 310 g/mol. The largest absolute Gasteiger partial charge is 0.494 e. The summed E-state index contributed by atoms with van der Waals surface area (Å²) in [4.78, 5) is 2.29. The highest BCUT2D eigenvalue weighted by atomic mass is 35.5. The molecule has 1 aliphatic rings. The van der Waals surface area contributed by atoms with Gasteiger partial charge < -0.3 is 10.1 Å².